The Morgan fingerprint density at radius 2 is 0.649 bits per heavy atom. The van der Waals surface area contributed by atoms with Crippen molar-refractivity contribution in [2.75, 3.05) is 12.3 Å². The van der Waals surface area contributed by atoms with Crippen molar-refractivity contribution in [3.8, 4) is 0 Å². The minimum absolute atomic E-state index is 0. The van der Waals surface area contributed by atoms with E-state index in [9.17, 15) is 0 Å². The van der Waals surface area contributed by atoms with Crippen molar-refractivity contribution >= 4 is 15.8 Å². The summed E-state index contributed by atoms with van der Waals surface area (Å²) in [5.41, 5.74) is 7.54. The first-order chi connectivity index (χ1) is 17.5. The maximum atomic E-state index is 2.55. The zero-order valence-corrected chi connectivity index (χ0v) is 28.6. The number of hydrogen-bond donors (Lipinski definition) is 0. The fourth-order valence-corrected chi connectivity index (χ4v) is 15.1. The van der Waals surface area contributed by atoms with Gasteiger partial charge in [0, 0.05) is 20.4 Å². The Labute approximate surface area is 249 Å². The van der Waals surface area contributed by atoms with Gasteiger partial charge in [-0.15, -0.1) is 0 Å². The van der Waals surface area contributed by atoms with Crippen molar-refractivity contribution in [1.82, 2.24) is 0 Å². The molecule has 0 aliphatic heterocycles. The summed E-state index contributed by atoms with van der Waals surface area (Å²) in [5, 5.41) is 0. The zero-order valence-electron chi connectivity index (χ0n) is 25.2. The second-order valence-corrected chi connectivity index (χ2v) is 18.8. The standard InChI is InChI=1S/2C17H31P.Pd/c2*1-15(2)13-14-18(16-9-5-3-6-10-16)17-11-7-4-8-12-17;/h2*13,16-17H,3-12,14H2,1-2H3;. The van der Waals surface area contributed by atoms with Crippen LogP contribution in [0.5, 0.6) is 0 Å². The van der Waals surface area contributed by atoms with Crippen LogP contribution in [0.4, 0.5) is 0 Å². The molecule has 0 unspecified atom stereocenters. The monoisotopic (exact) mass is 638 g/mol. The molecule has 0 atom stereocenters. The quantitative estimate of drug-likeness (QED) is 0.141. The zero-order chi connectivity index (χ0) is 25.6. The van der Waals surface area contributed by atoms with Crippen molar-refractivity contribution in [1.29, 1.82) is 0 Å². The van der Waals surface area contributed by atoms with Gasteiger partial charge in [0.05, 0.1) is 0 Å². The molecule has 0 spiro atoms. The molecule has 3 heteroatoms. The van der Waals surface area contributed by atoms with Crippen molar-refractivity contribution < 1.29 is 20.4 Å². The van der Waals surface area contributed by atoms with E-state index in [4.69, 9.17) is 0 Å². The van der Waals surface area contributed by atoms with Crippen LogP contribution < -0.4 is 0 Å². The molecule has 0 aromatic carbocycles. The number of hydrogen-bond acceptors (Lipinski definition) is 0. The van der Waals surface area contributed by atoms with E-state index >= 15 is 0 Å². The molecule has 37 heavy (non-hydrogen) atoms. The van der Waals surface area contributed by atoms with Crippen molar-refractivity contribution in [2.24, 2.45) is 0 Å². The maximum absolute atomic E-state index is 2.55. The Hall–Kier alpha value is 1.00. The average molecular weight is 639 g/mol. The van der Waals surface area contributed by atoms with Gasteiger partial charge in [-0.2, -0.15) is 0 Å². The molecule has 218 valence electrons. The van der Waals surface area contributed by atoms with Gasteiger partial charge in [-0.3, -0.25) is 0 Å². The smallest absolute Gasteiger partial charge is 0 e. The van der Waals surface area contributed by atoms with Crippen LogP contribution in [0.3, 0.4) is 0 Å². The van der Waals surface area contributed by atoms with E-state index in [0.29, 0.717) is 15.8 Å². The van der Waals surface area contributed by atoms with Gasteiger partial charge in [0.25, 0.3) is 0 Å². The van der Waals surface area contributed by atoms with E-state index in [1.54, 1.807) is 51.4 Å². The van der Waals surface area contributed by atoms with E-state index in [1.165, 1.54) is 101 Å². The molecule has 0 aromatic rings. The summed E-state index contributed by atoms with van der Waals surface area (Å²) in [4.78, 5) is 0. The van der Waals surface area contributed by atoms with E-state index in [2.05, 4.69) is 39.8 Å². The van der Waals surface area contributed by atoms with E-state index in [-0.39, 0.29) is 20.4 Å². The number of rotatable bonds is 8. The normalized spacial score (nSPS) is 22.6. The van der Waals surface area contributed by atoms with Crippen molar-refractivity contribution in [2.45, 2.75) is 179 Å². The van der Waals surface area contributed by atoms with Crippen LogP contribution in [0, 0.1) is 0 Å². The van der Waals surface area contributed by atoms with E-state index in [0.717, 1.165) is 22.6 Å². The Morgan fingerprint density at radius 3 is 0.838 bits per heavy atom. The topological polar surface area (TPSA) is 0 Å². The summed E-state index contributed by atoms with van der Waals surface area (Å²) < 4.78 is 0. The third-order valence-corrected chi connectivity index (χ3v) is 16.6. The van der Waals surface area contributed by atoms with Gasteiger partial charge in [-0.05, 0) is 114 Å². The largest absolute Gasteiger partial charge is 0.0965 e. The van der Waals surface area contributed by atoms with Crippen LogP contribution in [0.15, 0.2) is 23.3 Å². The van der Waals surface area contributed by atoms with Crippen LogP contribution in [0.2, 0.25) is 0 Å². The molecular weight excluding hydrogens is 577 g/mol. The average Bonchev–Trinajstić information content (AvgIpc) is 2.91. The summed E-state index contributed by atoms with van der Waals surface area (Å²) in [5.74, 6) is 0. The van der Waals surface area contributed by atoms with Crippen LogP contribution in [0.1, 0.15) is 156 Å². The molecule has 4 fully saturated rings. The van der Waals surface area contributed by atoms with Crippen LogP contribution in [-0.4, -0.2) is 35.0 Å². The SMILES string of the molecule is CC(C)=CCP(C1CCCCC1)C1CCCCC1.CC(C)=CCP(C1CCCCC1)C1CCCCC1.[Pd]. The summed E-state index contributed by atoms with van der Waals surface area (Å²) in [6, 6.07) is 0. The summed E-state index contributed by atoms with van der Waals surface area (Å²) in [7, 11) is 0.588. The summed E-state index contributed by atoms with van der Waals surface area (Å²) in [6.45, 7) is 9.09. The van der Waals surface area contributed by atoms with Gasteiger partial charge in [0.15, 0.2) is 0 Å². The molecule has 0 saturated heterocycles. The molecule has 4 rings (SSSR count). The summed E-state index contributed by atoms with van der Waals surface area (Å²) >= 11 is 0. The Balaban J connectivity index is 0.000000253. The van der Waals surface area contributed by atoms with Crippen LogP contribution in [-0.2, 0) is 20.4 Å². The molecule has 4 saturated carbocycles. The van der Waals surface area contributed by atoms with Gasteiger partial charge in [-0.1, -0.05) is 116 Å². The third-order valence-electron chi connectivity index (χ3n) is 9.60. The number of allylic oxidation sites excluding steroid dienone is 4. The first-order valence-corrected chi connectivity index (χ1v) is 19.7. The van der Waals surface area contributed by atoms with Gasteiger partial charge in [0.1, 0.15) is 0 Å². The maximum Gasteiger partial charge on any atom is 0 e. The minimum atomic E-state index is 0. The third kappa shape index (κ3) is 13.0. The first-order valence-electron chi connectivity index (χ1n) is 16.3. The van der Waals surface area contributed by atoms with Crippen molar-refractivity contribution in [3.63, 3.8) is 0 Å². The fraction of sp³-hybridized carbons (Fsp3) is 0.882. The Morgan fingerprint density at radius 1 is 0.432 bits per heavy atom. The predicted octanol–water partition coefficient (Wildman–Crippen LogP) is 12.2. The summed E-state index contributed by atoms with van der Waals surface area (Å²) in [6.07, 6.45) is 38.6. The molecule has 0 heterocycles. The van der Waals surface area contributed by atoms with Crippen molar-refractivity contribution in [3.05, 3.63) is 23.3 Å². The molecule has 0 N–H and O–H groups in total. The van der Waals surface area contributed by atoms with Gasteiger partial charge >= 0.3 is 0 Å². The van der Waals surface area contributed by atoms with Gasteiger partial charge in [0.2, 0.25) is 0 Å². The molecule has 0 bridgehead atoms. The molecule has 4 aliphatic carbocycles. The van der Waals surface area contributed by atoms with Gasteiger partial charge < -0.3 is 0 Å². The molecule has 0 aromatic heterocycles. The Bertz CT molecular complexity index is 532. The van der Waals surface area contributed by atoms with Crippen LogP contribution >= 0.6 is 15.8 Å². The first kappa shape index (κ1) is 34.2. The molecule has 0 nitrogen and oxygen atoms in total. The Kier molecular flexibility index (Phi) is 18.5. The molecule has 0 amide bonds. The van der Waals surface area contributed by atoms with E-state index in [1.807, 2.05) is 0 Å². The van der Waals surface area contributed by atoms with E-state index < -0.39 is 0 Å². The predicted molar refractivity (Wildman–Crippen MR) is 170 cm³/mol. The van der Waals surface area contributed by atoms with Crippen LogP contribution in [0.25, 0.3) is 0 Å². The van der Waals surface area contributed by atoms with Gasteiger partial charge in [-0.25, -0.2) is 0 Å². The fourth-order valence-electron chi connectivity index (χ4n) is 7.42. The molecular formula is C34H62P2Pd. The second kappa shape index (κ2) is 20.0. The minimum Gasteiger partial charge on any atom is -0.0965 e. The molecule has 4 aliphatic rings. The second-order valence-electron chi connectivity index (χ2n) is 13.1. The molecule has 0 radical (unpaired) electrons.